The van der Waals surface area contributed by atoms with Crippen LogP contribution in [0.3, 0.4) is 0 Å². The van der Waals surface area contributed by atoms with E-state index in [4.69, 9.17) is 16.6 Å². The molecule has 0 N–H and O–H groups in total. The number of nitrogens with zero attached hydrogens (tertiary/aromatic N) is 3. The van der Waals surface area contributed by atoms with Crippen molar-refractivity contribution in [3.8, 4) is 0 Å². The molecule has 1 aromatic heterocycles. The minimum absolute atomic E-state index is 0.327. The third kappa shape index (κ3) is 3.65. The van der Waals surface area contributed by atoms with Crippen molar-refractivity contribution in [1.29, 1.82) is 0 Å². The van der Waals surface area contributed by atoms with Crippen molar-refractivity contribution in [2.75, 3.05) is 13.1 Å². The molecular weight excluding hydrogens is 342 g/mol. The van der Waals surface area contributed by atoms with Crippen LogP contribution in [-0.2, 0) is 6.54 Å². The van der Waals surface area contributed by atoms with E-state index in [1.165, 1.54) is 55.7 Å². The molecule has 4 heteroatoms. The van der Waals surface area contributed by atoms with Crippen molar-refractivity contribution >= 4 is 22.6 Å². The van der Waals surface area contributed by atoms with Crippen LogP contribution in [0.25, 0.3) is 11.0 Å². The van der Waals surface area contributed by atoms with Gasteiger partial charge in [0.25, 0.3) is 0 Å². The lowest BCUT2D eigenvalue weighted by Gasteiger charge is -2.27. The molecule has 0 amide bonds. The van der Waals surface area contributed by atoms with Crippen LogP contribution < -0.4 is 0 Å². The highest BCUT2D eigenvalue weighted by Gasteiger charge is 2.23. The summed E-state index contributed by atoms with van der Waals surface area (Å²) in [6.07, 6.45) is 5.29. The molecule has 1 aliphatic heterocycles. The number of hydrogen-bond acceptors (Lipinski definition) is 2. The average molecular weight is 368 g/mol. The standard InChI is InChI=1S/C22H26ClN3/c1-17(25-14-6-2-3-7-15-25)22-24-20-8-4-5-9-21(20)26(22)16-18-10-12-19(23)13-11-18/h4-5,8-13,17H,2-3,6-7,14-16H2,1H3. The van der Waals surface area contributed by atoms with E-state index in [0.717, 1.165) is 17.1 Å². The van der Waals surface area contributed by atoms with Crippen molar-refractivity contribution in [2.45, 2.75) is 45.2 Å². The highest BCUT2D eigenvalue weighted by molar-refractivity contribution is 6.30. The molecule has 0 radical (unpaired) electrons. The predicted molar refractivity (Wildman–Crippen MR) is 109 cm³/mol. The molecule has 26 heavy (non-hydrogen) atoms. The lowest BCUT2D eigenvalue weighted by molar-refractivity contribution is 0.208. The number of aromatic nitrogens is 2. The van der Waals surface area contributed by atoms with Crippen molar-refractivity contribution in [3.05, 3.63) is 64.9 Å². The number of likely N-dealkylation sites (tertiary alicyclic amines) is 1. The first-order valence-corrected chi connectivity index (χ1v) is 10.0. The summed E-state index contributed by atoms with van der Waals surface area (Å²) < 4.78 is 2.38. The lowest BCUT2D eigenvalue weighted by atomic mass is 10.2. The number of fused-ring (bicyclic) bond motifs is 1. The number of benzene rings is 2. The van der Waals surface area contributed by atoms with E-state index in [2.05, 4.69) is 52.8 Å². The van der Waals surface area contributed by atoms with Crippen molar-refractivity contribution in [2.24, 2.45) is 0 Å². The number of hydrogen-bond donors (Lipinski definition) is 0. The zero-order valence-electron chi connectivity index (χ0n) is 15.4. The lowest BCUT2D eigenvalue weighted by Crippen LogP contribution is -2.30. The van der Waals surface area contributed by atoms with E-state index in [9.17, 15) is 0 Å². The number of halogens is 1. The molecule has 1 saturated heterocycles. The quantitative estimate of drug-likeness (QED) is 0.591. The fourth-order valence-electron chi connectivity index (χ4n) is 4.00. The van der Waals surface area contributed by atoms with Gasteiger partial charge in [-0.05, 0) is 62.7 Å². The van der Waals surface area contributed by atoms with E-state index in [1.54, 1.807) is 0 Å². The van der Waals surface area contributed by atoms with Crippen LogP contribution in [0.4, 0.5) is 0 Å². The molecule has 0 saturated carbocycles. The first kappa shape index (κ1) is 17.6. The summed E-state index contributed by atoms with van der Waals surface area (Å²) in [5.41, 5.74) is 3.54. The third-order valence-electron chi connectivity index (χ3n) is 5.50. The molecule has 0 bridgehead atoms. The second-order valence-corrected chi connectivity index (χ2v) is 7.73. The van der Waals surface area contributed by atoms with E-state index in [1.807, 2.05) is 12.1 Å². The van der Waals surface area contributed by atoms with Crippen LogP contribution in [0.1, 0.15) is 50.0 Å². The predicted octanol–water partition coefficient (Wildman–Crippen LogP) is 5.68. The first-order valence-electron chi connectivity index (χ1n) is 9.66. The Bertz CT molecular complexity index is 861. The van der Waals surface area contributed by atoms with Gasteiger partial charge in [0, 0.05) is 11.6 Å². The zero-order valence-corrected chi connectivity index (χ0v) is 16.1. The Balaban J connectivity index is 1.72. The van der Waals surface area contributed by atoms with E-state index in [-0.39, 0.29) is 0 Å². The molecule has 0 aliphatic carbocycles. The maximum atomic E-state index is 6.06. The zero-order chi connectivity index (χ0) is 17.9. The number of rotatable bonds is 4. The minimum atomic E-state index is 0.327. The van der Waals surface area contributed by atoms with Gasteiger partial charge in [0.1, 0.15) is 5.82 Å². The topological polar surface area (TPSA) is 21.1 Å². The monoisotopic (exact) mass is 367 g/mol. The largest absolute Gasteiger partial charge is 0.322 e. The SMILES string of the molecule is CC(c1nc2ccccc2n1Cc1ccc(Cl)cc1)N1CCCCCC1. The van der Waals surface area contributed by atoms with Crippen LogP contribution in [0, 0.1) is 0 Å². The second kappa shape index (κ2) is 7.81. The summed E-state index contributed by atoms with van der Waals surface area (Å²) >= 11 is 6.06. The van der Waals surface area contributed by atoms with Gasteiger partial charge in [0.2, 0.25) is 0 Å². The van der Waals surface area contributed by atoms with Crippen molar-refractivity contribution < 1.29 is 0 Å². The second-order valence-electron chi connectivity index (χ2n) is 7.30. The van der Waals surface area contributed by atoms with Crippen LogP contribution >= 0.6 is 11.6 Å². The maximum absolute atomic E-state index is 6.06. The molecule has 4 rings (SSSR count). The van der Waals surface area contributed by atoms with Gasteiger partial charge in [-0.25, -0.2) is 4.98 Å². The van der Waals surface area contributed by atoms with E-state index in [0.29, 0.717) is 6.04 Å². The van der Waals surface area contributed by atoms with Gasteiger partial charge < -0.3 is 4.57 Å². The van der Waals surface area contributed by atoms with Gasteiger partial charge in [0.05, 0.1) is 17.1 Å². The van der Waals surface area contributed by atoms with Gasteiger partial charge >= 0.3 is 0 Å². The summed E-state index contributed by atoms with van der Waals surface area (Å²) in [6, 6.07) is 16.9. The molecule has 0 spiro atoms. The fraction of sp³-hybridized carbons (Fsp3) is 0.409. The molecule has 1 unspecified atom stereocenters. The van der Waals surface area contributed by atoms with Gasteiger partial charge in [-0.1, -0.05) is 48.7 Å². The van der Waals surface area contributed by atoms with Crippen LogP contribution in [-0.4, -0.2) is 27.5 Å². The van der Waals surface area contributed by atoms with Gasteiger partial charge in [-0.15, -0.1) is 0 Å². The smallest absolute Gasteiger partial charge is 0.127 e. The highest BCUT2D eigenvalue weighted by atomic mass is 35.5. The minimum Gasteiger partial charge on any atom is -0.322 e. The summed E-state index contributed by atoms with van der Waals surface area (Å²) in [7, 11) is 0. The number of para-hydroxylation sites is 2. The van der Waals surface area contributed by atoms with E-state index >= 15 is 0 Å². The summed E-state index contributed by atoms with van der Waals surface area (Å²) in [5.74, 6) is 1.17. The highest BCUT2D eigenvalue weighted by Crippen LogP contribution is 2.28. The molecule has 2 heterocycles. The van der Waals surface area contributed by atoms with Crippen molar-refractivity contribution in [1.82, 2.24) is 14.5 Å². The van der Waals surface area contributed by atoms with Gasteiger partial charge in [-0.2, -0.15) is 0 Å². The molecular formula is C22H26ClN3. The molecule has 1 atom stereocenters. The van der Waals surface area contributed by atoms with Crippen LogP contribution in [0.2, 0.25) is 5.02 Å². The molecule has 1 fully saturated rings. The van der Waals surface area contributed by atoms with Gasteiger partial charge in [0.15, 0.2) is 0 Å². The maximum Gasteiger partial charge on any atom is 0.127 e. The Kier molecular flexibility index (Phi) is 5.28. The Morgan fingerprint density at radius 3 is 2.38 bits per heavy atom. The molecule has 1 aliphatic rings. The molecule has 3 aromatic rings. The van der Waals surface area contributed by atoms with Crippen molar-refractivity contribution in [3.63, 3.8) is 0 Å². The summed E-state index contributed by atoms with van der Waals surface area (Å²) in [4.78, 5) is 7.63. The summed E-state index contributed by atoms with van der Waals surface area (Å²) in [6.45, 7) is 5.48. The Labute approximate surface area is 160 Å². The van der Waals surface area contributed by atoms with Crippen LogP contribution in [0.15, 0.2) is 48.5 Å². The molecule has 136 valence electrons. The fourth-order valence-corrected chi connectivity index (χ4v) is 4.12. The summed E-state index contributed by atoms with van der Waals surface area (Å²) in [5, 5.41) is 0.780. The first-order chi connectivity index (χ1) is 12.7. The normalized spacial score (nSPS) is 17.3. The van der Waals surface area contributed by atoms with E-state index < -0.39 is 0 Å². The average Bonchev–Trinajstić information content (AvgIpc) is 2.83. The van der Waals surface area contributed by atoms with Gasteiger partial charge in [-0.3, -0.25) is 4.90 Å². The number of imidazole rings is 1. The van der Waals surface area contributed by atoms with Crippen LogP contribution in [0.5, 0.6) is 0 Å². The third-order valence-corrected chi connectivity index (χ3v) is 5.75. The Morgan fingerprint density at radius 1 is 0.962 bits per heavy atom. The molecule has 3 nitrogen and oxygen atoms in total. The Morgan fingerprint density at radius 2 is 1.65 bits per heavy atom. The molecule has 2 aromatic carbocycles. The Hall–Kier alpha value is -1.84.